The van der Waals surface area contributed by atoms with Crippen molar-refractivity contribution in [1.82, 2.24) is 10.6 Å². The maximum absolute atomic E-state index is 5.89. The second-order valence-corrected chi connectivity index (χ2v) is 7.07. The van der Waals surface area contributed by atoms with Gasteiger partial charge in [-0.3, -0.25) is 0 Å². The van der Waals surface area contributed by atoms with E-state index in [-0.39, 0.29) is 0 Å². The minimum Gasteiger partial charge on any atom is -0.491 e. The van der Waals surface area contributed by atoms with Gasteiger partial charge in [0.1, 0.15) is 12.4 Å². The predicted octanol–water partition coefficient (Wildman–Crippen LogP) is 3.34. The van der Waals surface area contributed by atoms with E-state index in [0.717, 1.165) is 23.8 Å². The van der Waals surface area contributed by atoms with Gasteiger partial charge < -0.3 is 25.0 Å². The predicted molar refractivity (Wildman–Crippen MR) is 121 cm³/mol. The quantitative estimate of drug-likeness (QED) is 0.365. The highest BCUT2D eigenvalue weighted by molar-refractivity contribution is 5.79. The molecule has 158 valence electrons. The lowest BCUT2D eigenvalue weighted by atomic mass is 10.1. The van der Waals surface area contributed by atoms with Crippen LogP contribution in [0.3, 0.4) is 0 Å². The van der Waals surface area contributed by atoms with Crippen LogP contribution < -0.4 is 20.3 Å². The van der Waals surface area contributed by atoms with Gasteiger partial charge in [0.15, 0.2) is 5.96 Å². The molecule has 29 heavy (non-hydrogen) atoms. The van der Waals surface area contributed by atoms with E-state index in [9.17, 15) is 0 Å². The Labute approximate surface area is 174 Å². The van der Waals surface area contributed by atoms with Gasteiger partial charge in [-0.2, -0.15) is 0 Å². The van der Waals surface area contributed by atoms with Gasteiger partial charge in [-0.15, -0.1) is 0 Å². The largest absolute Gasteiger partial charge is 0.491 e. The summed E-state index contributed by atoms with van der Waals surface area (Å²) in [6, 6.07) is 14.7. The minimum absolute atomic E-state index is 0.531. The zero-order chi connectivity index (χ0) is 21.1. The lowest BCUT2D eigenvalue weighted by Gasteiger charge is -2.16. The summed E-state index contributed by atoms with van der Waals surface area (Å²) < 4.78 is 11.0. The molecule has 0 heterocycles. The fourth-order valence-corrected chi connectivity index (χ4v) is 2.80. The third-order valence-corrected chi connectivity index (χ3v) is 4.40. The van der Waals surface area contributed by atoms with E-state index < -0.39 is 0 Å². The van der Waals surface area contributed by atoms with Gasteiger partial charge in [0, 0.05) is 45.5 Å². The molecule has 0 unspecified atom stereocenters. The van der Waals surface area contributed by atoms with Crippen LogP contribution in [-0.4, -0.2) is 46.9 Å². The maximum Gasteiger partial charge on any atom is 0.191 e. The van der Waals surface area contributed by atoms with Crippen molar-refractivity contribution in [3.05, 3.63) is 59.2 Å². The Kier molecular flexibility index (Phi) is 9.31. The van der Waals surface area contributed by atoms with Crippen LogP contribution in [0.2, 0.25) is 0 Å². The van der Waals surface area contributed by atoms with E-state index in [4.69, 9.17) is 14.5 Å². The first-order valence-electron chi connectivity index (χ1n) is 10.0. The number of benzene rings is 2. The molecule has 0 saturated carbocycles. The van der Waals surface area contributed by atoms with Crippen LogP contribution in [0.4, 0.5) is 5.69 Å². The number of aliphatic imine (C=N–C) groups is 1. The Balaban J connectivity index is 2.05. The molecule has 2 aromatic carbocycles. The van der Waals surface area contributed by atoms with Gasteiger partial charge in [0.25, 0.3) is 0 Å². The van der Waals surface area contributed by atoms with E-state index >= 15 is 0 Å². The molecule has 2 aromatic rings. The number of ether oxygens (including phenoxy) is 2. The third-order valence-electron chi connectivity index (χ3n) is 4.40. The molecule has 0 aliphatic rings. The SMILES string of the molecule is CCNC(=NCc1cccc(N(C)C)c1)NCc1ccc(C)cc1OCCOC. The number of rotatable bonds is 10. The van der Waals surface area contributed by atoms with Crippen molar-refractivity contribution in [3.8, 4) is 5.75 Å². The Bertz CT molecular complexity index is 790. The summed E-state index contributed by atoms with van der Waals surface area (Å²) >= 11 is 0. The highest BCUT2D eigenvalue weighted by Gasteiger charge is 2.06. The summed E-state index contributed by atoms with van der Waals surface area (Å²) in [6.45, 7) is 7.27. The molecule has 0 bridgehead atoms. The molecule has 0 spiro atoms. The van der Waals surface area contributed by atoms with Crippen molar-refractivity contribution >= 4 is 11.6 Å². The smallest absolute Gasteiger partial charge is 0.191 e. The molecule has 6 heteroatoms. The van der Waals surface area contributed by atoms with E-state index in [1.54, 1.807) is 7.11 Å². The van der Waals surface area contributed by atoms with Crippen LogP contribution >= 0.6 is 0 Å². The highest BCUT2D eigenvalue weighted by atomic mass is 16.5. The second-order valence-electron chi connectivity index (χ2n) is 7.07. The molecule has 0 atom stereocenters. The number of anilines is 1. The van der Waals surface area contributed by atoms with Crippen LogP contribution in [0.15, 0.2) is 47.5 Å². The van der Waals surface area contributed by atoms with E-state index in [0.29, 0.717) is 26.3 Å². The third kappa shape index (κ3) is 7.66. The standard InChI is InChI=1S/C23H34N4O2/c1-6-24-23(25-16-19-8-7-9-21(15-19)27(3)4)26-17-20-11-10-18(2)14-22(20)29-13-12-28-5/h7-11,14-15H,6,12-13,16-17H2,1-5H3,(H2,24,25,26). The molecule has 0 aromatic heterocycles. The average Bonchev–Trinajstić information content (AvgIpc) is 2.71. The van der Waals surface area contributed by atoms with Crippen LogP contribution in [-0.2, 0) is 17.8 Å². The number of aryl methyl sites for hydroxylation is 1. The monoisotopic (exact) mass is 398 g/mol. The molecule has 2 rings (SSSR count). The molecular formula is C23H34N4O2. The molecular weight excluding hydrogens is 364 g/mol. The Morgan fingerprint density at radius 3 is 2.62 bits per heavy atom. The molecule has 0 aliphatic carbocycles. The number of hydrogen-bond donors (Lipinski definition) is 2. The fourth-order valence-electron chi connectivity index (χ4n) is 2.80. The number of nitrogens with one attached hydrogen (secondary N) is 2. The van der Waals surface area contributed by atoms with Crippen LogP contribution in [0.25, 0.3) is 0 Å². The molecule has 0 aliphatic heterocycles. The Morgan fingerprint density at radius 1 is 1.07 bits per heavy atom. The summed E-state index contributed by atoms with van der Waals surface area (Å²) in [4.78, 5) is 6.83. The number of methoxy groups -OCH3 is 1. The van der Waals surface area contributed by atoms with Gasteiger partial charge in [-0.1, -0.05) is 24.3 Å². The summed E-state index contributed by atoms with van der Waals surface area (Å²) in [7, 11) is 5.76. The summed E-state index contributed by atoms with van der Waals surface area (Å²) in [6.07, 6.45) is 0. The maximum atomic E-state index is 5.89. The lowest BCUT2D eigenvalue weighted by molar-refractivity contribution is 0.145. The van der Waals surface area contributed by atoms with E-state index in [1.807, 2.05) is 14.1 Å². The molecule has 0 amide bonds. The Hall–Kier alpha value is -2.73. The summed E-state index contributed by atoms with van der Waals surface area (Å²) in [5.41, 5.74) is 4.61. The molecule has 6 nitrogen and oxygen atoms in total. The highest BCUT2D eigenvalue weighted by Crippen LogP contribution is 2.20. The van der Waals surface area contributed by atoms with Crippen molar-refractivity contribution in [2.75, 3.05) is 45.9 Å². The van der Waals surface area contributed by atoms with Gasteiger partial charge in [-0.05, 0) is 43.2 Å². The van der Waals surface area contributed by atoms with Crippen LogP contribution in [0.1, 0.15) is 23.6 Å². The number of nitrogens with zero attached hydrogens (tertiary/aromatic N) is 2. The van der Waals surface area contributed by atoms with Gasteiger partial charge in [-0.25, -0.2) is 4.99 Å². The van der Waals surface area contributed by atoms with Crippen molar-refractivity contribution in [2.45, 2.75) is 26.9 Å². The van der Waals surface area contributed by atoms with Crippen molar-refractivity contribution < 1.29 is 9.47 Å². The van der Waals surface area contributed by atoms with Crippen molar-refractivity contribution in [3.63, 3.8) is 0 Å². The fraction of sp³-hybridized carbons (Fsp3) is 0.435. The van der Waals surface area contributed by atoms with Crippen LogP contribution in [0.5, 0.6) is 5.75 Å². The van der Waals surface area contributed by atoms with Crippen LogP contribution in [0, 0.1) is 6.92 Å². The molecule has 0 radical (unpaired) electrons. The molecule has 2 N–H and O–H groups in total. The molecule has 0 saturated heterocycles. The normalized spacial score (nSPS) is 11.3. The first-order chi connectivity index (χ1) is 14.0. The van der Waals surface area contributed by atoms with E-state index in [2.05, 4.69) is 71.8 Å². The minimum atomic E-state index is 0.531. The first kappa shape index (κ1) is 22.6. The van der Waals surface area contributed by atoms with Crippen molar-refractivity contribution in [2.24, 2.45) is 4.99 Å². The topological polar surface area (TPSA) is 58.1 Å². The number of hydrogen-bond acceptors (Lipinski definition) is 4. The van der Waals surface area contributed by atoms with Gasteiger partial charge >= 0.3 is 0 Å². The Morgan fingerprint density at radius 2 is 1.90 bits per heavy atom. The first-order valence-corrected chi connectivity index (χ1v) is 10.0. The zero-order valence-corrected chi connectivity index (χ0v) is 18.3. The lowest BCUT2D eigenvalue weighted by Crippen LogP contribution is -2.36. The summed E-state index contributed by atoms with van der Waals surface area (Å²) in [5.74, 6) is 1.66. The number of guanidine groups is 1. The average molecular weight is 399 g/mol. The van der Waals surface area contributed by atoms with Crippen molar-refractivity contribution in [1.29, 1.82) is 0 Å². The second kappa shape index (κ2) is 12.0. The summed E-state index contributed by atoms with van der Waals surface area (Å²) in [5, 5.41) is 6.72. The van der Waals surface area contributed by atoms with Gasteiger partial charge in [0.05, 0.1) is 13.2 Å². The van der Waals surface area contributed by atoms with Gasteiger partial charge in [0.2, 0.25) is 0 Å². The molecule has 0 fully saturated rings. The zero-order valence-electron chi connectivity index (χ0n) is 18.3. The van der Waals surface area contributed by atoms with E-state index in [1.165, 1.54) is 16.8 Å².